The molecule has 1 saturated heterocycles. The van der Waals surface area contributed by atoms with Crippen molar-refractivity contribution >= 4 is 34.7 Å². The Kier molecular flexibility index (Phi) is 4.10. The van der Waals surface area contributed by atoms with Crippen LogP contribution in [0.5, 0.6) is 0 Å². The third kappa shape index (κ3) is 3.55. The average Bonchev–Trinajstić information content (AvgIpc) is 2.48. The molecule has 0 spiro atoms. The minimum absolute atomic E-state index is 0.162. The van der Waals surface area contributed by atoms with Crippen LogP contribution in [0.2, 0.25) is 5.15 Å². The van der Waals surface area contributed by atoms with Crippen LogP contribution in [0.4, 0.5) is 23.1 Å². The second-order valence-corrected chi connectivity index (χ2v) is 5.54. The fraction of sp³-hybridized carbons (Fsp3) is 0.333. The third-order valence-electron chi connectivity index (χ3n) is 3.57. The second kappa shape index (κ2) is 6.18. The highest BCUT2D eigenvalue weighted by Gasteiger charge is 2.10. The van der Waals surface area contributed by atoms with E-state index in [1.807, 2.05) is 12.1 Å². The molecule has 0 radical (unpaired) electrons. The number of nitrogens with one attached hydrogen (secondary N) is 1. The molecule has 2 aromatic rings. The van der Waals surface area contributed by atoms with Gasteiger partial charge in [0.15, 0.2) is 0 Å². The van der Waals surface area contributed by atoms with E-state index in [0.717, 1.165) is 18.8 Å². The number of hydrogen-bond donors (Lipinski definition) is 2. The molecule has 0 bridgehead atoms. The van der Waals surface area contributed by atoms with E-state index in [2.05, 4.69) is 32.3 Å². The zero-order valence-corrected chi connectivity index (χ0v) is 12.5. The Hall–Kier alpha value is -2.01. The molecule has 6 heteroatoms. The van der Waals surface area contributed by atoms with Gasteiger partial charge in [-0.25, -0.2) is 4.98 Å². The van der Waals surface area contributed by atoms with Crippen LogP contribution in [-0.2, 0) is 0 Å². The first-order valence-electron chi connectivity index (χ1n) is 7.13. The van der Waals surface area contributed by atoms with Crippen molar-refractivity contribution in [3.05, 3.63) is 35.5 Å². The molecular formula is C15H18ClN5. The average molecular weight is 304 g/mol. The van der Waals surface area contributed by atoms with Gasteiger partial charge in [-0.3, -0.25) is 0 Å². The molecule has 1 aromatic carbocycles. The lowest BCUT2D eigenvalue weighted by atomic mass is 10.1. The number of rotatable bonds is 3. The van der Waals surface area contributed by atoms with Gasteiger partial charge in [0.1, 0.15) is 11.0 Å². The lowest BCUT2D eigenvalue weighted by Crippen LogP contribution is -2.29. The predicted octanol–water partition coefficient (Wildman–Crippen LogP) is 3.45. The van der Waals surface area contributed by atoms with E-state index < -0.39 is 0 Å². The predicted molar refractivity (Wildman–Crippen MR) is 87.2 cm³/mol. The Morgan fingerprint density at radius 3 is 2.43 bits per heavy atom. The number of benzene rings is 1. The van der Waals surface area contributed by atoms with E-state index in [9.17, 15) is 0 Å². The summed E-state index contributed by atoms with van der Waals surface area (Å²) in [5.74, 6) is 0.758. The number of aromatic nitrogens is 2. The van der Waals surface area contributed by atoms with Gasteiger partial charge < -0.3 is 16.0 Å². The zero-order valence-electron chi connectivity index (χ0n) is 11.7. The molecule has 2 heterocycles. The van der Waals surface area contributed by atoms with Gasteiger partial charge in [0.2, 0.25) is 5.95 Å². The molecule has 1 aromatic heterocycles. The summed E-state index contributed by atoms with van der Waals surface area (Å²) in [6.07, 6.45) is 3.89. The zero-order chi connectivity index (χ0) is 14.7. The molecule has 0 amide bonds. The number of nitrogens with zero attached hydrogens (tertiary/aromatic N) is 3. The summed E-state index contributed by atoms with van der Waals surface area (Å²) in [4.78, 5) is 10.4. The van der Waals surface area contributed by atoms with Crippen LogP contribution in [0, 0.1) is 0 Å². The van der Waals surface area contributed by atoms with Gasteiger partial charge in [-0.15, -0.1) is 0 Å². The highest BCUT2D eigenvalue weighted by Crippen LogP contribution is 2.24. The molecule has 1 fully saturated rings. The van der Waals surface area contributed by atoms with Crippen molar-refractivity contribution in [3.8, 4) is 0 Å². The number of piperidine rings is 1. The largest absolute Gasteiger partial charge is 0.372 e. The molecule has 0 unspecified atom stereocenters. The monoisotopic (exact) mass is 303 g/mol. The maximum absolute atomic E-state index is 5.87. The minimum atomic E-state index is 0.162. The molecule has 5 nitrogen and oxygen atoms in total. The molecule has 1 aliphatic heterocycles. The summed E-state index contributed by atoms with van der Waals surface area (Å²) >= 11 is 5.87. The Labute approximate surface area is 129 Å². The summed E-state index contributed by atoms with van der Waals surface area (Å²) in [6, 6.07) is 9.97. The van der Waals surface area contributed by atoms with Crippen molar-refractivity contribution < 1.29 is 0 Å². The van der Waals surface area contributed by atoms with Crippen molar-refractivity contribution in [2.24, 2.45) is 0 Å². The SMILES string of the molecule is Nc1nc(Cl)cc(Nc2ccc(N3CCCCC3)cc2)n1. The van der Waals surface area contributed by atoms with Crippen LogP contribution in [0.3, 0.4) is 0 Å². The number of nitrogen functional groups attached to an aromatic ring is 1. The highest BCUT2D eigenvalue weighted by molar-refractivity contribution is 6.29. The summed E-state index contributed by atoms with van der Waals surface area (Å²) in [6.45, 7) is 2.29. The summed E-state index contributed by atoms with van der Waals surface area (Å²) in [5, 5.41) is 3.51. The van der Waals surface area contributed by atoms with Crippen LogP contribution in [0.1, 0.15) is 19.3 Å². The van der Waals surface area contributed by atoms with Crippen molar-refractivity contribution in [2.45, 2.75) is 19.3 Å². The standard InChI is InChI=1S/C15H18ClN5/c16-13-10-14(20-15(17)19-13)18-11-4-6-12(7-5-11)21-8-2-1-3-9-21/h4-7,10H,1-3,8-9H2,(H3,17,18,19,20). The van der Waals surface area contributed by atoms with E-state index >= 15 is 0 Å². The topological polar surface area (TPSA) is 67.1 Å². The maximum Gasteiger partial charge on any atom is 0.223 e. The van der Waals surface area contributed by atoms with Crippen LogP contribution >= 0.6 is 11.6 Å². The first-order valence-corrected chi connectivity index (χ1v) is 7.50. The number of nitrogens with two attached hydrogens (primary N) is 1. The Morgan fingerprint density at radius 1 is 1.05 bits per heavy atom. The van der Waals surface area contributed by atoms with Gasteiger partial charge in [0.05, 0.1) is 0 Å². The van der Waals surface area contributed by atoms with Crippen LogP contribution < -0.4 is 16.0 Å². The first-order chi connectivity index (χ1) is 10.2. The van der Waals surface area contributed by atoms with E-state index in [0.29, 0.717) is 11.0 Å². The summed E-state index contributed by atoms with van der Waals surface area (Å²) in [5.41, 5.74) is 7.79. The molecule has 21 heavy (non-hydrogen) atoms. The summed E-state index contributed by atoms with van der Waals surface area (Å²) in [7, 11) is 0. The fourth-order valence-electron chi connectivity index (χ4n) is 2.55. The van der Waals surface area contributed by atoms with Crippen molar-refractivity contribution in [1.82, 2.24) is 9.97 Å². The fourth-order valence-corrected chi connectivity index (χ4v) is 2.74. The second-order valence-electron chi connectivity index (χ2n) is 5.15. The first kappa shape index (κ1) is 13.9. The van der Waals surface area contributed by atoms with Gasteiger partial charge in [0.25, 0.3) is 0 Å². The molecule has 0 aliphatic carbocycles. The van der Waals surface area contributed by atoms with E-state index in [-0.39, 0.29) is 5.95 Å². The Morgan fingerprint density at radius 2 is 1.76 bits per heavy atom. The lowest BCUT2D eigenvalue weighted by molar-refractivity contribution is 0.578. The third-order valence-corrected chi connectivity index (χ3v) is 3.77. The van der Waals surface area contributed by atoms with Crippen molar-refractivity contribution in [1.29, 1.82) is 0 Å². The molecule has 0 saturated carbocycles. The maximum atomic E-state index is 5.87. The number of halogens is 1. The highest BCUT2D eigenvalue weighted by atomic mass is 35.5. The lowest BCUT2D eigenvalue weighted by Gasteiger charge is -2.28. The van der Waals surface area contributed by atoms with Gasteiger partial charge >= 0.3 is 0 Å². The van der Waals surface area contributed by atoms with Crippen molar-refractivity contribution in [3.63, 3.8) is 0 Å². The smallest absolute Gasteiger partial charge is 0.223 e. The van der Waals surface area contributed by atoms with E-state index in [1.165, 1.54) is 24.9 Å². The Bertz CT molecular complexity index is 588. The number of anilines is 4. The van der Waals surface area contributed by atoms with Gasteiger partial charge in [-0.1, -0.05) is 11.6 Å². The summed E-state index contributed by atoms with van der Waals surface area (Å²) < 4.78 is 0. The molecule has 0 atom stereocenters. The van der Waals surface area contributed by atoms with E-state index in [1.54, 1.807) is 6.07 Å². The van der Waals surface area contributed by atoms with Gasteiger partial charge in [-0.05, 0) is 43.5 Å². The molecular weight excluding hydrogens is 286 g/mol. The van der Waals surface area contributed by atoms with Gasteiger partial charge in [-0.2, -0.15) is 4.98 Å². The molecule has 3 rings (SSSR count). The minimum Gasteiger partial charge on any atom is -0.372 e. The van der Waals surface area contributed by atoms with Crippen LogP contribution in [-0.4, -0.2) is 23.1 Å². The Balaban J connectivity index is 1.71. The van der Waals surface area contributed by atoms with Crippen LogP contribution in [0.15, 0.2) is 30.3 Å². The van der Waals surface area contributed by atoms with E-state index in [4.69, 9.17) is 17.3 Å². The normalized spacial score (nSPS) is 15.0. The molecule has 110 valence electrons. The van der Waals surface area contributed by atoms with Crippen molar-refractivity contribution in [2.75, 3.05) is 29.0 Å². The molecule has 3 N–H and O–H groups in total. The quantitative estimate of drug-likeness (QED) is 0.850. The number of hydrogen-bond acceptors (Lipinski definition) is 5. The molecule has 1 aliphatic rings. The van der Waals surface area contributed by atoms with Gasteiger partial charge in [0, 0.05) is 30.5 Å². The van der Waals surface area contributed by atoms with Crippen LogP contribution in [0.25, 0.3) is 0 Å².